The van der Waals surface area contributed by atoms with Gasteiger partial charge in [0.2, 0.25) is 17.7 Å². The zero-order valence-corrected chi connectivity index (χ0v) is 21.2. The fourth-order valence-electron chi connectivity index (χ4n) is 4.20. The number of carboxylic acid groups (broad SMARTS) is 1. The van der Waals surface area contributed by atoms with Crippen LogP contribution in [-0.4, -0.2) is 82.6 Å². The van der Waals surface area contributed by atoms with Crippen molar-refractivity contribution in [3.8, 4) is 5.75 Å². The predicted molar refractivity (Wildman–Crippen MR) is 134 cm³/mol. The molecule has 0 aliphatic carbocycles. The van der Waals surface area contributed by atoms with Crippen molar-refractivity contribution < 1.29 is 29.4 Å². The smallest absolute Gasteiger partial charge is 0.326 e. The Balaban J connectivity index is 1.82. The third kappa shape index (κ3) is 9.12. The van der Waals surface area contributed by atoms with Crippen molar-refractivity contribution in [3.05, 3.63) is 29.8 Å². The maximum absolute atomic E-state index is 12.9. The predicted octanol–water partition coefficient (Wildman–Crippen LogP) is -0.0372. The first-order chi connectivity index (χ1) is 17.0. The van der Waals surface area contributed by atoms with Gasteiger partial charge in [0.1, 0.15) is 17.8 Å². The lowest BCUT2D eigenvalue weighted by atomic mass is 10.0. The van der Waals surface area contributed by atoms with Crippen molar-refractivity contribution in [1.29, 1.82) is 0 Å². The molecule has 11 heteroatoms. The molecule has 0 aromatic heterocycles. The minimum absolute atomic E-state index is 0.0785. The Labute approximate surface area is 211 Å². The SMILES string of the molecule is CC(C)C[C@H](N)C(=O)N[C@@H](C)C(=O)NCCN1CCC[C@H]1C(=O)N[C@@H](Cc1ccc(O)cc1)C(=O)O. The van der Waals surface area contributed by atoms with E-state index in [1.807, 2.05) is 18.7 Å². The van der Waals surface area contributed by atoms with Gasteiger partial charge >= 0.3 is 5.97 Å². The highest BCUT2D eigenvalue weighted by molar-refractivity contribution is 5.89. The summed E-state index contributed by atoms with van der Waals surface area (Å²) in [4.78, 5) is 51.0. The van der Waals surface area contributed by atoms with E-state index in [2.05, 4.69) is 16.0 Å². The number of nitrogens with zero attached hydrogens (tertiary/aromatic N) is 1. The summed E-state index contributed by atoms with van der Waals surface area (Å²) in [5.41, 5.74) is 6.54. The molecule has 0 saturated carbocycles. The average molecular weight is 506 g/mol. The number of nitrogens with one attached hydrogen (secondary N) is 3. The fraction of sp³-hybridized carbons (Fsp3) is 0.600. The van der Waals surface area contributed by atoms with Crippen LogP contribution in [-0.2, 0) is 25.6 Å². The van der Waals surface area contributed by atoms with Gasteiger partial charge in [-0.2, -0.15) is 0 Å². The Kier molecular flexibility index (Phi) is 11.1. The van der Waals surface area contributed by atoms with Crippen LogP contribution in [0.15, 0.2) is 24.3 Å². The molecule has 11 nitrogen and oxygen atoms in total. The van der Waals surface area contributed by atoms with E-state index >= 15 is 0 Å². The molecular formula is C25H39N5O6. The number of phenolic OH excluding ortho intramolecular Hbond substituents is 1. The monoisotopic (exact) mass is 505 g/mol. The normalized spacial score (nSPS) is 18.3. The van der Waals surface area contributed by atoms with E-state index in [1.54, 1.807) is 19.1 Å². The molecule has 200 valence electrons. The molecule has 1 aliphatic heterocycles. The van der Waals surface area contributed by atoms with Crippen LogP contribution in [0.2, 0.25) is 0 Å². The molecule has 1 heterocycles. The highest BCUT2D eigenvalue weighted by Gasteiger charge is 2.33. The lowest BCUT2D eigenvalue weighted by Crippen LogP contribution is -2.53. The van der Waals surface area contributed by atoms with Gasteiger partial charge in [0.25, 0.3) is 0 Å². The summed E-state index contributed by atoms with van der Waals surface area (Å²) >= 11 is 0. The molecule has 0 unspecified atom stereocenters. The van der Waals surface area contributed by atoms with Crippen LogP contribution >= 0.6 is 0 Å². The van der Waals surface area contributed by atoms with Crippen molar-refractivity contribution in [2.75, 3.05) is 19.6 Å². The number of benzene rings is 1. The number of phenols is 1. The minimum atomic E-state index is -1.14. The Bertz CT molecular complexity index is 907. The van der Waals surface area contributed by atoms with Crippen LogP contribution in [0.1, 0.15) is 45.6 Å². The second-order valence-electron chi connectivity index (χ2n) is 9.72. The van der Waals surface area contributed by atoms with Gasteiger partial charge in [-0.05, 0) is 56.3 Å². The van der Waals surface area contributed by atoms with Gasteiger partial charge in [0.05, 0.1) is 12.1 Å². The van der Waals surface area contributed by atoms with Gasteiger partial charge in [-0.1, -0.05) is 26.0 Å². The molecule has 0 bridgehead atoms. The number of hydrogen-bond acceptors (Lipinski definition) is 7. The van der Waals surface area contributed by atoms with E-state index in [9.17, 15) is 29.4 Å². The average Bonchev–Trinajstić information content (AvgIpc) is 3.28. The van der Waals surface area contributed by atoms with Crippen molar-refractivity contribution in [2.45, 2.75) is 70.6 Å². The number of rotatable bonds is 13. The molecule has 36 heavy (non-hydrogen) atoms. The number of carbonyl (C=O) groups is 4. The Hall–Kier alpha value is -3.18. The van der Waals surface area contributed by atoms with Crippen molar-refractivity contribution >= 4 is 23.7 Å². The van der Waals surface area contributed by atoms with Gasteiger partial charge in [0.15, 0.2) is 0 Å². The van der Waals surface area contributed by atoms with Crippen LogP contribution in [0.25, 0.3) is 0 Å². The van der Waals surface area contributed by atoms with Gasteiger partial charge in [-0.3, -0.25) is 19.3 Å². The Morgan fingerprint density at radius 2 is 1.75 bits per heavy atom. The second kappa shape index (κ2) is 13.8. The van der Waals surface area contributed by atoms with E-state index in [0.717, 1.165) is 6.42 Å². The molecule has 1 aromatic carbocycles. The maximum Gasteiger partial charge on any atom is 0.326 e. The van der Waals surface area contributed by atoms with Crippen molar-refractivity contribution in [2.24, 2.45) is 11.7 Å². The number of likely N-dealkylation sites (tertiary alicyclic amines) is 1. The van der Waals surface area contributed by atoms with E-state index < -0.39 is 30.1 Å². The van der Waals surface area contributed by atoms with Gasteiger partial charge in [0, 0.05) is 19.5 Å². The van der Waals surface area contributed by atoms with Crippen LogP contribution in [0.3, 0.4) is 0 Å². The Morgan fingerprint density at radius 1 is 1.08 bits per heavy atom. The summed E-state index contributed by atoms with van der Waals surface area (Å²) in [7, 11) is 0. The topological polar surface area (TPSA) is 174 Å². The standard InChI is InChI=1S/C25H39N5O6/c1-15(2)13-19(26)23(33)28-16(3)22(32)27-10-12-30-11-4-5-21(30)24(34)29-20(25(35)36)14-17-6-8-18(31)9-7-17/h6-9,15-16,19-21,31H,4-5,10-14,26H2,1-3H3,(H,27,32)(H,28,33)(H,29,34)(H,35,36)/t16-,19-,20-,21-/m0/s1. The zero-order valence-electron chi connectivity index (χ0n) is 21.2. The summed E-state index contributed by atoms with van der Waals surface area (Å²) < 4.78 is 0. The van der Waals surface area contributed by atoms with Crippen molar-refractivity contribution in [1.82, 2.24) is 20.9 Å². The first kappa shape index (κ1) is 29.1. The number of aliphatic carboxylic acids is 1. The van der Waals surface area contributed by atoms with Crippen molar-refractivity contribution in [3.63, 3.8) is 0 Å². The number of carbonyl (C=O) groups excluding carboxylic acids is 3. The Morgan fingerprint density at radius 3 is 2.36 bits per heavy atom. The van der Waals surface area contributed by atoms with Crippen LogP contribution < -0.4 is 21.7 Å². The van der Waals surface area contributed by atoms with Gasteiger partial charge < -0.3 is 31.9 Å². The molecule has 1 fully saturated rings. The van der Waals surface area contributed by atoms with E-state index in [0.29, 0.717) is 31.5 Å². The molecule has 1 aromatic rings. The molecule has 4 atom stereocenters. The highest BCUT2D eigenvalue weighted by atomic mass is 16.4. The number of nitrogens with two attached hydrogens (primary N) is 1. The fourth-order valence-corrected chi connectivity index (χ4v) is 4.20. The number of aromatic hydroxyl groups is 1. The van der Waals surface area contributed by atoms with E-state index in [1.165, 1.54) is 12.1 Å². The third-order valence-corrected chi connectivity index (χ3v) is 6.17. The largest absolute Gasteiger partial charge is 0.508 e. The maximum atomic E-state index is 12.9. The highest BCUT2D eigenvalue weighted by Crippen LogP contribution is 2.17. The minimum Gasteiger partial charge on any atom is -0.508 e. The molecule has 1 aliphatic rings. The molecule has 7 N–H and O–H groups in total. The van der Waals surface area contributed by atoms with Crippen LogP contribution in [0.5, 0.6) is 5.75 Å². The first-order valence-corrected chi connectivity index (χ1v) is 12.4. The third-order valence-electron chi connectivity index (χ3n) is 6.17. The summed E-state index contributed by atoms with van der Waals surface area (Å²) in [6, 6.07) is 3.15. The molecule has 0 spiro atoms. The second-order valence-corrected chi connectivity index (χ2v) is 9.72. The van der Waals surface area contributed by atoms with Gasteiger partial charge in [-0.25, -0.2) is 4.79 Å². The van der Waals surface area contributed by atoms with Gasteiger partial charge in [-0.15, -0.1) is 0 Å². The lowest BCUT2D eigenvalue weighted by molar-refractivity contribution is -0.142. The molecular weight excluding hydrogens is 466 g/mol. The summed E-state index contributed by atoms with van der Waals surface area (Å²) in [6.07, 6.45) is 1.98. The summed E-state index contributed by atoms with van der Waals surface area (Å²) in [5.74, 6) is -1.89. The molecule has 3 amide bonds. The van der Waals surface area contributed by atoms with E-state index in [4.69, 9.17) is 5.73 Å². The molecule has 2 rings (SSSR count). The number of carboxylic acids is 1. The lowest BCUT2D eigenvalue weighted by Gasteiger charge is -2.26. The van der Waals surface area contributed by atoms with Crippen LogP contribution in [0, 0.1) is 5.92 Å². The quantitative estimate of drug-likeness (QED) is 0.217. The number of amides is 3. The molecule has 1 saturated heterocycles. The first-order valence-electron chi connectivity index (χ1n) is 12.4. The summed E-state index contributed by atoms with van der Waals surface area (Å²) in [6.45, 7) is 6.85. The van der Waals surface area contributed by atoms with Crippen LogP contribution in [0.4, 0.5) is 0 Å². The molecule has 0 radical (unpaired) electrons. The zero-order chi connectivity index (χ0) is 26.8. The van der Waals surface area contributed by atoms with E-state index in [-0.39, 0.29) is 42.4 Å². The summed E-state index contributed by atoms with van der Waals surface area (Å²) in [5, 5.41) is 27.0. The number of hydrogen-bond donors (Lipinski definition) is 6.